The molecular formula is C22H26N2O4S2. The number of hydrazone groups is 1. The summed E-state index contributed by atoms with van der Waals surface area (Å²) in [6, 6.07) is 13.4. The van der Waals surface area contributed by atoms with E-state index in [1.54, 1.807) is 19.4 Å². The quantitative estimate of drug-likeness (QED) is 0.452. The van der Waals surface area contributed by atoms with E-state index in [9.17, 15) is 4.79 Å². The number of nitrogens with zero attached hydrogens (tertiary/aromatic N) is 1. The summed E-state index contributed by atoms with van der Waals surface area (Å²) in [5.41, 5.74) is 4.53. The fourth-order valence-electron chi connectivity index (χ4n) is 2.75. The largest absolute Gasteiger partial charge is 0.493 e. The van der Waals surface area contributed by atoms with Crippen molar-refractivity contribution < 1.29 is 19.0 Å². The Bertz CT molecular complexity index is 866. The Hall–Kier alpha value is -2.32. The van der Waals surface area contributed by atoms with Gasteiger partial charge in [-0.2, -0.15) is 5.10 Å². The van der Waals surface area contributed by atoms with Crippen LogP contribution >= 0.6 is 23.5 Å². The van der Waals surface area contributed by atoms with Crippen LogP contribution in [0, 0.1) is 0 Å². The molecule has 2 aromatic rings. The Kier molecular flexibility index (Phi) is 8.33. The topological polar surface area (TPSA) is 69.2 Å². The molecule has 0 radical (unpaired) electrons. The molecule has 0 saturated carbocycles. The second-order valence-electron chi connectivity index (χ2n) is 6.80. The van der Waals surface area contributed by atoms with E-state index < -0.39 is 0 Å². The fraction of sp³-hybridized carbons (Fsp3) is 0.364. The Labute approximate surface area is 185 Å². The zero-order chi connectivity index (χ0) is 21.3. The van der Waals surface area contributed by atoms with Crippen LogP contribution in [0.1, 0.15) is 29.6 Å². The van der Waals surface area contributed by atoms with E-state index in [0.29, 0.717) is 21.8 Å². The molecular weight excluding hydrogens is 420 g/mol. The lowest BCUT2D eigenvalue weighted by molar-refractivity contribution is -0.123. The molecule has 8 heteroatoms. The maximum absolute atomic E-state index is 12.0. The van der Waals surface area contributed by atoms with Crippen LogP contribution in [0.4, 0.5) is 0 Å². The zero-order valence-electron chi connectivity index (χ0n) is 17.3. The number of rotatable bonds is 9. The molecule has 1 heterocycles. The highest BCUT2D eigenvalue weighted by molar-refractivity contribution is 8.19. The summed E-state index contributed by atoms with van der Waals surface area (Å²) in [4.78, 5) is 12.0. The van der Waals surface area contributed by atoms with E-state index in [-0.39, 0.29) is 18.6 Å². The van der Waals surface area contributed by atoms with E-state index in [2.05, 4.69) is 22.7 Å². The predicted molar refractivity (Wildman–Crippen MR) is 124 cm³/mol. The normalized spacial score (nSPS) is 14.3. The van der Waals surface area contributed by atoms with Crippen LogP contribution < -0.4 is 19.6 Å². The first-order chi connectivity index (χ1) is 14.5. The maximum Gasteiger partial charge on any atom is 0.277 e. The highest BCUT2D eigenvalue weighted by Crippen LogP contribution is 2.45. The second kappa shape index (κ2) is 11.2. The highest BCUT2D eigenvalue weighted by atomic mass is 32.2. The van der Waals surface area contributed by atoms with Gasteiger partial charge in [-0.3, -0.25) is 4.79 Å². The van der Waals surface area contributed by atoms with Gasteiger partial charge in [0.15, 0.2) is 18.1 Å². The Balaban J connectivity index is 1.46. The molecule has 160 valence electrons. The number of thioether (sulfide) groups is 2. The van der Waals surface area contributed by atoms with Crippen LogP contribution in [0.3, 0.4) is 0 Å². The summed E-state index contributed by atoms with van der Waals surface area (Å²) in [6.45, 7) is 3.80. The summed E-state index contributed by atoms with van der Waals surface area (Å²) >= 11 is 3.92. The second-order valence-corrected chi connectivity index (χ2v) is 9.53. The van der Waals surface area contributed by atoms with Gasteiger partial charge in [-0.1, -0.05) is 12.1 Å². The van der Waals surface area contributed by atoms with Gasteiger partial charge in [-0.05, 0) is 55.3 Å². The van der Waals surface area contributed by atoms with E-state index in [4.69, 9.17) is 14.2 Å². The molecule has 1 saturated heterocycles. The molecule has 6 nitrogen and oxygen atoms in total. The van der Waals surface area contributed by atoms with E-state index >= 15 is 0 Å². The number of carbonyl (C=O) groups excluding carboxylic acids is 1. The first-order valence-corrected chi connectivity index (χ1v) is 11.8. The van der Waals surface area contributed by atoms with Gasteiger partial charge in [0.2, 0.25) is 0 Å². The minimum absolute atomic E-state index is 0.0504. The smallest absolute Gasteiger partial charge is 0.277 e. The van der Waals surface area contributed by atoms with Gasteiger partial charge in [0.1, 0.15) is 5.75 Å². The molecule has 30 heavy (non-hydrogen) atoms. The predicted octanol–water partition coefficient (Wildman–Crippen LogP) is 4.49. The standard InChI is InChI=1S/C22H26N2O4S2/c1-15(2)28-19-9-4-16(12-20(19)26-3)13-23-24-21(25)14-27-18-7-5-17(6-8-18)22-29-10-11-30-22/h4-9,12-13,15,22H,10-11,14H2,1-3H3,(H,24,25)/b23-13-. The van der Waals surface area contributed by atoms with Crippen molar-refractivity contribution in [3.63, 3.8) is 0 Å². The molecule has 0 aromatic heterocycles. The minimum Gasteiger partial charge on any atom is -0.493 e. The molecule has 0 atom stereocenters. The van der Waals surface area contributed by atoms with Gasteiger partial charge in [0.05, 0.1) is 24.0 Å². The van der Waals surface area contributed by atoms with Crippen molar-refractivity contribution in [1.29, 1.82) is 0 Å². The van der Waals surface area contributed by atoms with Gasteiger partial charge in [-0.15, -0.1) is 23.5 Å². The Morgan fingerprint density at radius 3 is 2.57 bits per heavy atom. The number of ether oxygens (including phenoxy) is 3. The summed E-state index contributed by atoms with van der Waals surface area (Å²) in [5, 5.41) is 3.98. The molecule has 1 fully saturated rings. The van der Waals surface area contributed by atoms with Crippen molar-refractivity contribution in [2.45, 2.75) is 24.5 Å². The molecule has 1 amide bonds. The third-order valence-electron chi connectivity index (χ3n) is 4.10. The maximum atomic E-state index is 12.0. The number of benzene rings is 2. The molecule has 1 N–H and O–H groups in total. The molecule has 1 aliphatic rings. The molecule has 0 aliphatic carbocycles. The Morgan fingerprint density at radius 2 is 1.90 bits per heavy atom. The SMILES string of the molecule is COc1cc(/C=N\NC(=O)COc2ccc(C3SCCS3)cc2)ccc1OC(C)C. The number of nitrogens with one attached hydrogen (secondary N) is 1. The molecule has 1 aliphatic heterocycles. The third kappa shape index (κ3) is 6.60. The molecule has 2 aromatic carbocycles. The van der Waals surface area contributed by atoms with Crippen molar-refractivity contribution in [1.82, 2.24) is 5.43 Å². The molecule has 3 rings (SSSR count). The first-order valence-electron chi connectivity index (χ1n) is 9.67. The van der Waals surface area contributed by atoms with Crippen LogP contribution in [0.5, 0.6) is 17.2 Å². The fourth-order valence-corrected chi connectivity index (χ4v) is 5.61. The summed E-state index contributed by atoms with van der Waals surface area (Å²) < 4.78 is 17.1. The number of hydrogen-bond acceptors (Lipinski definition) is 7. The number of hydrogen-bond donors (Lipinski definition) is 1. The minimum atomic E-state index is -0.330. The van der Waals surface area contributed by atoms with Crippen LogP contribution in [-0.4, -0.2) is 43.4 Å². The average Bonchev–Trinajstić information content (AvgIpc) is 3.28. The lowest BCUT2D eigenvalue weighted by Gasteiger charge is -2.13. The molecule has 0 unspecified atom stereocenters. The third-order valence-corrected chi connectivity index (χ3v) is 7.20. The van der Waals surface area contributed by atoms with Crippen LogP contribution in [0.15, 0.2) is 47.6 Å². The molecule has 0 bridgehead atoms. The van der Waals surface area contributed by atoms with E-state index in [1.807, 2.05) is 61.6 Å². The van der Waals surface area contributed by atoms with E-state index in [0.717, 1.165) is 5.56 Å². The number of amides is 1. The average molecular weight is 447 g/mol. The van der Waals surface area contributed by atoms with Crippen molar-refractivity contribution in [3.8, 4) is 17.2 Å². The summed E-state index contributed by atoms with van der Waals surface area (Å²) in [5.74, 6) is 3.99. The van der Waals surface area contributed by atoms with Crippen LogP contribution in [0.2, 0.25) is 0 Å². The summed E-state index contributed by atoms with van der Waals surface area (Å²) in [6.07, 6.45) is 1.60. The van der Waals surface area contributed by atoms with E-state index in [1.165, 1.54) is 17.1 Å². The van der Waals surface area contributed by atoms with Crippen molar-refractivity contribution in [2.24, 2.45) is 5.10 Å². The zero-order valence-corrected chi connectivity index (χ0v) is 18.9. The van der Waals surface area contributed by atoms with Crippen LogP contribution in [0.25, 0.3) is 0 Å². The van der Waals surface area contributed by atoms with Gasteiger partial charge >= 0.3 is 0 Å². The van der Waals surface area contributed by atoms with Gasteiger partial charge in [-0.25, -0.2) is 5.43 Å². The number of carbonyl (C=O) groups is 1. The lowest BCUT2D eigenvalue weighted by Crippen LogP contribution is -2.24. The first kappa shape index (κ1) is 22.4. The lowest BCUT2D eigenvalue weighted by atomic mass is 10.2. The monoisotopic (exact) mass is 446 g/mol. The molecule has 0 spiro atoms. The van der Waals surface area contributed by atoms with Gasteiger partial charge < -0.3 is 14.2 Å². The van der Waals surface area contributed by atoms with Crippen LogP contribution in [-0.2, 0) is 4.79 Å². The van der Waals surface area contributed by atoms with Crippen molar-refractivity contribution in [2.75, 3.05) is 25.2 Å². The summed E-state index contributed by atoms with van der Waals surface area (Å²) in [7, 11) is 1.58. The Morgan fingerprint density at radius 1 is 1.17 bits per heavy atom. The van der Waals surface area contributed by atoms with Crippen molar-refractivity contribution in [3.05, 3.63) is 53.6 Å². The number of methoxy groups -OCH3 is 1. The van der Waals surface area contributed by atoms with Gasteiger partial charge in [0, 0.05) is 11.5 Å². The van der Waals surface area contributed by atoms with Gasteiger partial charge in [0.25, 0.3) is 5.91 Å². The highest BCUT2D eigenvalue weighted by Gasteiger charge is 2.18. The van der Waals surface area contributed by atoms with Crippen molar-refractivity contribution >= 4 is 35.6 Å².